The monoisotopic (exact) mass is 550 g/mol. The predicted octanol–water partition coefficient (Wildman–Crippen LogP) is 5.36. The summed E-state index contributed by atoms with van der Waals surface area (Å²) in [6.45, 7) is 3.65. The molecule has 41 heavy (non-hydrogen) atoms. The van der Waals surface area contributed by atoms with E-state index in [2.05, 4.69) is 10.3 Å². The minimum absolute atomic E-state index is 0.0234. The van der Waals surface area contributed by atoms with Crippen molar-refractivity contribution in [1.29, 1.82) is 0 Å². The fraction of sp³-hybridized carbons (Fsp3) is 0.156. The first kappa shape index (κ1) is 25.9. The van der Waals surface area contributed by atoms with Crippen molar-refractivity contribution < 1.29 is 28.6 Å². The van der Waals surface area contributed by atoms with Crippen molar-refractivity contribution in [2.75, 3.05) is 0 Å². The number of rotatable bonds is 7. The van der Waals surface area contributed by atoms with Crippen molar-refractivity contribution in [3.63, 3.8) is 0 Å². The van der Waals surface area contributed by atoms with E-state index in [0.717, 1.165) is 27.6 Å². The van der Waals surface area contributed by atoms with Gasteiger partial charge >= 0.3 is 11.6 Å². The lowest BCUT2D eigenvalue weighted by Gasteiger charge is -2.15. The number of amides is 1. The van der Waals surface area contributed by atoms with Gasteiger partial charge in [-0.25, -0.2) is 9.59 Å². The molecule has 0 aliphatic carbocycles. The molecular formula is C32H26N2O7. The molecule has 0 aliphatic heterocycles. The molecule has 6 aromatic rings. The van der Waals surface area contributed by atoms with Crippen LogP contribution in [0.25, 0.3) is 44.0 Å². The summed E-state index contributed by atoms with van der Waals surface area (Å²) in [7, 11) is 0. The van der Waals surface area contributed by atoms with Crippen LogP contribution in [-0.4, -0.2) is 33.1 Å². The number of benzene rings is 3. The SMILES string of the molecule is Cc1cc2oc(=O)c(CC(=O)N[C@@H](Cc3c[nH]c4ccc(O)cc34)C(=O)O)c(C)c2c2occ(-c3ccccc3)c12. The van der Waals surface area contributed by atoms with Crippen LogP contribution in [0.3, 0.4) is 0 Å². The summed E-state index contributed by atoms with van der Waals surface area (Å²) in [5.74, 6) is -1.82. The average molecular weight is 551 g/mol. The number of carboxylic acid groups (broad SMARTS) is 1. The summed E-state index contributed by atoms with van der Waals surface area (Å²) in [6.07, 6.45) is 2.93. The maximum atomic E-state index is 13.1. The predicted molar refractivity (Wildman–Crippen MR) is 154 cm³/mol. The number of aromatic hydroxyl groups is 1. The van der Waals surface area contributed by atoms with Crippen molar-refractivity contribution in [3.8, 4) is 16.9 Å². The number of aromatic amines is 1. The maximum absolute atomic E-state index is 13.1. The molecule has 0 unspecified atom stereocenters. The summed E-state index contributed by atoms with van der Waals surface area (Å²) in [5.41, 5.74) is 4.99. The largest absolute Gasteiger partial charge is 0.508 e. The van der Waals surface area contributed by atoms with Gasteiger partial charge in [-0.15, -0.1) is 0 Å². The number of phenols is 1. The second-order valence-corrected chi connectivity index (χ2v) is 10.2. The number of carboxylic acids is 1. The van der Waals surface area contributed by atoms with Gasteiger partial charge in [0.05, 0.1) is 23.6 Å². The van der Waals surface area contributed by atoms with Gasteiger partial charge in [-0.3, -0.25) is 4.79 Å². The Kier molecular flexibility index (Phi) is 6.34. The molecule has 0 saturated heterocycles. The number of hydrogen-bond acceptors (Lipinski definition) is 6. The number of aryl methyl sites for hydroxylation is 2. The number of phenolic OH excluding ortho intramolecular Hbond substituents is 1. The number of nitrogens with one attached hydrogen (secondary N) is 2. The van der Waals surface area contributed by atoms with Crippen LogP contribution in [0.4, 0.5) is 0 Å². The van der Waals surface area contributed by atoms with Gasteiger partial charge < -0.3 is 29.3 Å². The van der Waals surface area contributed by atoms with Crippen LogP contribution in [0.15, 0.2) is 80.7 Å². The molecule has 3 heterocycles. The molecule has 0 aliphatic rings. The fourth-order valence-corrected chi connectivity index (χ4v) is 5.48. The molecule has 3 aromatic carbocycles. The lowest BCUT2D eigenvalue weighted by atomic mass is 9.96. The second kappa shape index (κ2) is 10.0. The standard InChI is InChI=1S/C32H26N2O7/c1-16-10-26-29(30-28(16)23(15-40-30)18-6-4-3-5-7-18)17(2)21(32(39)41-26)13-27(36)34-25(31(37)38)11-19-14-33-24-9-8-20(35)12-22(19)24/h3-10,12,14-15,25,33,35H,11,13H2,1-2H3,(H,34,36)(H,37,38)/t25-/m0/s1. The van der Waals surface area contributed by atoms with Gasteiger partial charge in [-0.2, -0.15) is 0 Å². The molecule has 6 rings (SSSR count). The number of hydrogen-bond donors (Lipinski definition) is 4. The third-order valence-corrected chi connectivity index (χ3v) is 7.51. The Morgan fingerprint density at radius 1 is 1.05 bits per heavy atom. The zero-order chi connectivity index (χ0) is 28.8. The zero-order valence-electron chi connectivity index (χ0n) is 22.3. The number of furan rings is 1. The van der Waals surface area contributed by atoms with Crippen molar-refractivity contribution in [2.24, 2.45) is 0 Å². The maximum Gasteiger partial charge on any atom is 0.340 e. The summed E-state index contributed by atoms with van der Waals surface area (Å²) in [6, 6.07) is 15.1. The third-order valence-electron chi connectivity index (χ3n) is 7.51. The quantitative estimate of drug-likeness (QED) is 0.196. The molecule has 0 bridgehead atoms. The van der Waals surface area contributed by atoms with Crippen LogP contribution in [0.5, 0.6) is 5.75 Å². The number of aliphatic carboxylic acids is 1. The van der Waals surface area contributed by atoms with E-state index >= 15 is 0 Å². The van der Waals surface area contributed by atoms with Crippen LogP contribution in [0, 0.1) is 13.8 Å². The van der Waals surface area contributed by atoms with Crippen LogP contribution >= 0.6 is 0 Å². The molecule has 9 nitrogen and oxygen atoms in total. The molecule has 1 amide bonds. The van der Waals surface area contributed by atoms with Gasteiger partial charge in [0.25, 0.3) is 0 Å². The van der Waals surface area contributed by atoms with Crippen LogP contribution in [0.2, 0.25) is 0 Å². The Hall–Kier alpha value is -5.31. The van der Waals surface area contributed by atoms with Crippen LogP contribution in [0.1, 0.15) is 22.3 Å². The Morgan fingerprint density at radius 3 is 2.59 bits per heavy atom. The molecule has 1 atom stereocenters. The molecule has 0 fully saturated rings. The van der Waals surface area contributed by atoms with E-state index in [-0.39, 0.29) is 24.2 Å². The van der Waals surface area contributed by atoms with E-state index in [0.29, 0.717) is 33.1 Å². The van der Waals surface area contributed by atoms with Crippen molar-refractivity contribution in [3.05, 3.63) is 99.7 Å². The molecular weight excluding hydrogens is 524 g/mol. The summed E-state index contributed by atoms with van der Waals surface area (Å²) in [4.78, 5) is 41.2. The molecule has 0 spiro atoms. The van der Waals surface area contributed by atoms with E-state index in [1.165, 1.54) is 12.1 Å². The van der Waals surface area contributed by atoms with E-state index in [1.807, 2.05) is 37.3 Å². The van der Waals surface area contributed by atoms with E-state index in [9.17, 15) is 24.6 Å². The molecule has 4 N–H and O–H groups in total. The number of fused-ring (bicyclic) bond motifs is 4. The first-order chi connectivity index (χ1) is 19.7. The lowest BCUT2D eigenvalue weighted by Crippen LogP contribution is -2.43. The van der Waals surface area contributed by atoms with Gasteiger partial charge in [-0.05, 0) is 60.4 Å². The van der Waals surface area contributed by atoms with Gasteiger partial charge in [0.15, 0.2) is 0 Å². The number of aromatic nitrogens is 1. The minimum atomic E-state index is -1.26. The first-order valence-electron chi connectivity index (χ1n) is 13.0. The zero-order valence-corrected chi connectivity index (χ0v) is 22.3. The van der Waals surface area contributed by atoms with Crippen molar-refractivity contribution in [2.45, 2.75) is 32.7 Å². The Labute approximate surface area is 233 Å². The molecule has 0 radical (unpaired) electrons. The summed E-state index contributed by atoms with van der Waals surface area (Å²) in [5, 5.41) is 24.3. The fourth-order valence-electron chi connectivity index (χ4n) is 5.48. The third kappa shape index (κ3) is 4.61. The Morgan fingerprint density at radius 2 is 1.83 bits per heavy atom. The summed E-state index contributed by atoms with van der Waals surface area (Å²) >= 11 is 0. The van der Waals surface area contributed by atoms with E-state index in [4.69, 9.17) is 8.83 Å². The Balaban J connectivity index is 1.33. The smallest absolute Gasteiger partial charge is 0.340 e. The molecule has 206 valence electrons. The van der Waals surface area contributed by atoms with Gasteiger partial charge in [0.2, 0.25) is 5.91 Å². The number of H-pyrrole nitrogens is 1. The van der Waals surface area contributed by atoms with Gasteiger partial charge in [-0.1, -0.05) is 30.3 Å². The molecule has 9 heteroatoms. The lowest BCUT2D eigenvalue weighted by molar-refractivity contribution is -0.141. The minimum Gasteiger partial charge on any atom is -0.508 e. The number of carbonyl (C=O) groups excluding carboxylic acids is 1. The Bertz CT molecular complexity index is 2030. The summed E-state index contributed by atoms with van der Waals surface area (Å²) < 4.78 is 11.7. The van der Waals surface area contributed by atoms with Gasteiger partial charge in [0, 0.05) is 34.5 Å². The second-order valence-electron chi connectivity index (χ2n) is 10.2. The van der Waals surface area contributed by atoms with Crippen LogP contribution in [-0.2, 0) is 22.4 Å². The highest BCUT2D eigenvalue weighted by molar-refractivity contribution is 6.11. The molecule has 3 aromatic heterocycles. The topological polar surface area (TPSA) is 146 Å². The highest BCUT2D eigenvalue weighted by Crippen LogP contribution is 2.38. The molecule has 0 saturated carbocycles. The van der Waals surface area contributed by atoms with E-state index < -0.39 is 23.5 Å². The first-order valence-corrected chi connectivity index (χ1v) is 13.0. The highest BCUT2D eigenvalue weighted by Gasteiger charge is 2.25. The van der Waals surface area contributed by atoms with Crippen molar-refractivity contribution >= 4 is 44.7 Å². The van der Waals surface area contributed by atoms with Crippen LogP contribution < -0.4 is 10.9 Å². The average Bonchev–Trinajstić information content (AvgIpc) is 3.56. The van der Waals surface area contributed by atoms with Gasteiger partial charge in [0.1, 0.15) is 23.0 Å². The van der Waals surface area contributed by atoms with Crippen molar-refractivity contribution in [1.82, 2.24) is 10.3 Å². The highest BCUT2D eigenvalue weighted by atomic mass is 16.4. The van der Waals surface area contributed by atoms with E-state index in [1.54, 1.807) is 31.5 Å². The number of carbonyl (C=O) groups is 2. The normalized spacial score (nSPS) is 12.2.